The SMILES string of the molecule is N#Cc1ccc(NCc2ncc[nH]2)c2ccccc12. The summed E-state index contributed by atoms with van der Waals surface area (Å²) in [5.41, 5.74) is 1.70. The van der Waals surface area contributed by atoms with Gasteiger partial charge in [0, 0.05) is 28.9 Å². The summed E-state index contributed by atoms with van der Waals surface area (Å²) < 4.78 is 0. The van der Waals surface area contributed by atoms with Crippen molar-refractivity contribution in [1.29, 1.82) is 5.26 Å². The van der Waals surface area contributed by atoms with E-state index in [1.54, 1.807) is 12.4 Å². The first-order valence-electron chi connectivity index (χ1n) is 6.02. The van der Waals surface area contributed by atoms with Gasteiger partial charge < -0.3 is 10.3 Å². The Hall–Kier alpha value is -2.80. The molecule has 0 spiro atoms. The number of nitriles is 1. The fourth-order valence-corrected chi connectivity index (χ4v) is 2.12. The molecule has 3 aromatic rings. The molecule has 0 amide bonds. The molecular weight excluding hydrogens is 236 g/mol. The van der Waals surface area contributed by atoms with Crippen molar-refractivity contribution < 1.29 is 0 Å². The minimum atomic E-state index is 0.628. The van der Waals surface area contributed by atoms with Crippen LogP contribution in [-0.2, 0) is 6.54 Å². The normalized spacial score (nSPS) is 10.3. The Balaban J connectivity index is 1.98. The Bertz CT molecular complexity index is 738. The summed E-state index contributed by atoms with van der Waals surface area (Å²) in [5, 5.41) is 14.5. The number of nitrogens with one attached hydrogen (secondary N) is 2. The Labute approximate surface area is 110 Å². The summed E-state index contributed by atoms with van der Waals surface area (Å²) in [5.74, 6) is 0.883. The third-order valence-electron chi connectivity index (χ3n) is 3.05. The number of benzene rings is 2. The highest BCUT2D eigenvalue weighted by molar-refractivity contribution is 5.97. The van der Waals surface area contributed by atoms with Gasteiger partial charge in [-0.15, -0.1) is 0 Å². The number of fused-ring (bicyclic) bond motifs is 1. The minimum Gasteiger partial charge on any atom is -0.377 e. The average Bonchev–Trinajstić information content (AvgIpc) is 2.98. The van der Waals surface area contributed by atoms with E-state index in [0.29, 0.717) is 12.1 Å². The van der Waals surface area contributed by atoms with Gasteiger partial charge >= 0.3 is 0 Å². The first kappa shape index (κ1) is 11.3. The quantitative estimate of drug-likeness (QED) is 0.748. The van der Waals surface area contributed by atoms with E-state index in [9.17, 15) is 0 Å². The molecule has 0 saturated heterocycles. The van der Waals surface area contributed by atoms with Gasteiger partial charge in [0.2, 0.25) is 0 Å². The molecule has 19 heavy (non-hydrogen) atoms. The molecule has 1 aromatic heterocycles. The second-order valence-electron chi connectivity index (χ2n) is 4.21. The number of hydrogen-bond donors (Lipinski definition) is 2. The highest BCUT2D eigenvalue weighted by Gasteiger charge is 2.05. The summed E-state index contributed by atoms with van der Waals surface area (Å²) in [7, 11) is 0. The van der Waals surface area contributed by atoms with Gasteiger partial charge in [-0.05, 0) is 12.1 Å². The number of nitrogens with zero attached hydrogens (tertiary/aromatic N) is 2. The number of anilines is 1. The molecule has 1 heterocycles. The number of aromatic amines is 1. The molecule has 2 N–H and O–H groups in total. The van der Waals surface area contributed by atoms with E-state index < -0.39 is 0 Å². The van der Waals surface area contributed by atoms with Crippen molar-refractivity contribution >= 4 is 16.5 Å². The van der Waals surface area contributed by atoms with Crippen LogP contribution >= 0.6 is 0 Å². The lowest BCUT2D eigenvalue weighted by Gasteiger charge is -2.09. The fourth-order valence-electron chi connectivity index (χ4n) is 2.12. The molecule has 0 aliphatic carbocycles. The van der Waals surface area contributed by atoms with Crippen molar-refractivity contribution in [2.45, 2.75) is 6.54 Å². The van der Waals surface area contributed by atoms with Gasteiger partial charge in [0.1, 0.15) is 5.82 Å². The highest BCUT2D eigenvalue weighted by Crippen LogP contribution is 2.26. The monoisotopic (exact) mass is 248 g/mol. The predicted octanol–water partition coefficient (Wildman–Crippen LogP) is 3.05. The lowest BCUT2D eigenvalue weighted by atomic mass is 10.0. The number of imidazole rings is 1. The van der Waals surface area contributed by atoms with Crippen molar-refractivity contribution in [2.24, 2.45) is 0 Å². The number of hydrogen-bond acceptors (Lipinski definition) is 3. The first-order valence-corrected chi connectivity index (χ1v) is 6.02. The molecule has 0 aliphatic heterocycles. The molecule has 0 bridgehead atoms. The standard InChI is InChI=1S/C15H12N4/c16-9-11-5-6-14(13-4-2-1-3-12(11)13)19-10-15-17-7-8-18-15/h1-8,19H,10H2,(H,17,18). The van der Waals surface area contributed by atoms with Crippen LogP contribution in [0, 0.1) is 11.3 Å². The molecule has 0 atom stereocenters. The topological polar surface area (TPSA) is 64.5 Å². The lowest BCUT2D eigenvalue weighted by molar-refractivity contribution is 1.00. The van der Waals surface area contributed by atoms with E-state index in [4.69, 9.17) is 5.26 Å². The molecular formula is C15H12N4. The van der Waals surface area contributed by atoms with Crippen LogP contribution in [0.15, 0.2) is 48.8 Å². The van der Waals surface area contributed by atoms with E-state index in [2.05, 4.69) is 21.4 Å². The van der Waals surface area contributed by atoms with Crippen molar-refractivity contribution in [2.75, 3.05) is 5.32 Å². The Morgan fingerprint density at radius 1 is 1.16 bits per heavy atom. The zero-order valence-electron chi connectivity index (χ0n) is 10.2. The third-order valence-corrected chi connectivity index (χ3v) is 3.05. The van der Waals surface area contributed by atoms with E-state index in [-0.39, 0.29) is 0 Å². The van der Waals surface area contributed by atoms with Gasteiger partial charge in [-0.3, -0.25) is 0 Å². The summed E-state index contributed by atoms with van der Waals surface area (Å²) in [6.45, 7) is 0.628. The van der Waals surface area contributed by atoms with E-state index in [0.717, 1.165) is 22.3 Å². The maximum atomic E-state index is 9.12. The van der Waals surface area contributed by atoms with Crippen molar-refractivity contribution in [3.05, 3.63) is 60.2 Å². The average molecular weight is 248 g/mol. The molecule has 2 aromatic carbocycles. The summed E-state index contributed by atoms with van der Waals surface area (Å²) in [6, 6.07) is 13.9. The molecule has 0 aliphatic rings. The first-order chi connectivity index (χ1) is 9.38. The van der Waals surface area contributed by atoms with Crippen LogP contribution < -0.4 is 5.32 Å². The minimum absolute atomic E-state index is 0.628. The molecule has 0 unspecified atom stereocenters. The van der Waals surface area contributed by atoms with Gasteiger partial charge in [0.25, 0.3) is 0 Å². The highest BCUT2D eigenvalue weighted by atomic mass is 15.0. The van der Waals surface area contributed by atoms with Gasteiger partial charge in [0.15, 0.2) is 0 Å². The summed E-state index contributed by atoms with van der Waals surface area (Å²) >= 11 is 0. The predicted molar refractivity (Wildman–Crippen MR) is 74.6 cm³/mol. The van der Waals surface area contributed by atoms with Crippen LogP contribution in [0.5, 0.6) is 0 Å². The maximum Gasteiger partial charge on any atom is 0.125 e. The maximum absolute atomic E-state index is 9.12. The van der Waals surface area contributed by atoms with Crippen molar-refractivity contribution in [3.63, 3.8) is 0 Å². The zero-order chi connectivity index (χ0) is 13.1. The van der Waals surface area contributed by atoms with E-state index >= 15 is 0 Å². The van der Waals surface area contributed by atoms with Gasteiger partial charge in [-0.1, -0.05) is 24.3 Å². The molecule has 0 radical (unpaired) electrons. The third kappa shape index (κ3) is 2.14. The zero-order valence-corrected chi connectivity index (χ0v) is 10.2. The van der Waals surface area contributed by atoms with Gasteiger partial charge in [-0.25, -0.2) is 4.98 Å². The second kappa shape index (κ2) is 4.83. The molecule has 0 fully saturated rings. The van der Waals surface area contributed by atoms with E-state index in [1.165, 1.54) is 0 Å². The number of aromatic nitrogens is 2. The van der Waals surface area contributed by atoms with Crippen molar-refractivity contribution in [1.82, 2.24) is 9.97 Å². The largest absolute Gasteiger partial charge is 0.377 e. The van der Waals surface area contributed by atoms with Crippen molar-refractivity contribution in [3.8, 4) is 6.07 Å². The van der Waals surface area contributed by atoms with Gasteiger partial charge in [0.05, 0.1) is 18.2 Å². The summed E-state index contributed by atoms with van der Waals surface area (Å²) in [6.07, 6.45) is 3.53. The van der Waals surface area contributed by atoms with E-state index in [1.807, 2.05) is 36.4 Å². The Morgan fingerprint density at radius 2 is 2.00 bits per heavy atom. The van der Waals surface area contributed by atoms with Crippen LogP contribution in [0.25, 0.3) is 10.8 Å². The smallest absolute Gasteiger partial charge is 0.125 e. The van der Waals surface area contributed by atoms with Crippen LogP contribution in [0.4, 0.5) is 5.69 Å². The van der Waals surface area contributed by atoms with Crippen LogP contribution in [0.1, 0.15) is 11.4 Å². The van der Waals surface area contributed by atoms with Crippen LogP contribution in [-0.4, -0.2) is 9.97 Å². The lowest BCUT2D eigenvalue weighted by Crippen LogP contribution is -2.01. The van der Waals surface area contributed by atoms with Gasteiger partial charge in [-0.2, -0.15) is 5.26 Å². The Kier molecular flexibility index (Phi) is 2.87. The molecule has 92 valence electrons. The molecule has 3 rings (SSSR count). The Morgan fingerprint density at radius 3 is 2.74 bits per heavy atom. The number of H-pyrrole nitrogens is 1. The molecule has 4 heteroatoms. The second-order valence-corrected chi connectivity index (χ2v) is 4.21. The van der Waals surface area contributed by atoms with Crippen LogP contribution in [0.3, 0.4) is 0 Å². The molecule has 4 nitrogen and oxygen atoms in total. The fraction of sp³-hybridized carbons (Fsp3) is 0.0667. The number of rotatable bonds is 3. The summed E-state index contributed by atoms with van der Waals surface area (Å²) in [4.78, 5) is 7.23. The van der Waals surface area contributed by atoms with Crippen LogP contribution in [0.2, 0.25) is 0 Å². The molecule has 0 saturated carbocycles.